The van der Waals surface area contributed by atoms with Crippen LogP contribution >= 0.6 is 0 Å². The number of aliphatic hydroxyl groups is 1. The first-order chi connectivity index (χ1) is 12.2. The Hall–Kier alpha value is -2.84. The highest BCUT2D eigenvalue weighted by Crippen LogP contribution is 2.11. The first kappa shape index (κ1) is 18.5. The van der Waals surface area contributed by atoms with Gasteiger partial charge in [-0.25, -0.2) is 9.78 Å². The Kier molecular flexibility index (Phi) is 7.48. The summed E-state index contributed by atoms with van der Waals surface area (Å²) >= 11 is 0. The van der Waals surface area contributed by atoms with Gasteiger partial charge < -0.3 is 15.3 Å². The number of pyridine rings is 1. The lowest BCUT2D eigenvalue weighted by molar-refractivity contribution is 0.187. The zero-order chi connectivity index (χ0) is 17.9. The molecular formula is C20H23N3O2. The van der Waals surface area contributed by atoms with E-state index in [-0.39, 0.29) is 12.6 Å². The van der Waals surface area contributed by atoms with Crippen molar-refractivity contribution in [2.24, 2.45) is 0 Å². The molecule has 0 spiro atoms. The number of unbranched alkanes of at least 4 members (excludes halogenated alkanes) is 1. The number of amides is 2. The molecule has 2 amide bonds. The number of hydrogen-bond donors (Lipinski definition) is 2. The lowest BCUT2D eigenvalue weighted by atomic mass is 10.2. The summed E-state index contributed by atoms with van der Waals surface area (Å²) in [7, 11) is 0. The van der Waals surface area contributed by atoms with Crippen LogP contribution in [0.25, 0.3) is 0 Å². The minimum absolute atomic E-state index is 0.0489. The fourth-order valence-corrected chi connectivity index (χ4v) is 2.23. The molecule has 0 unspecified atom stereocenters. The number of aromatic nitrogens is 1. The van der Waals surface area contributed by atoms with Gasteiger partial charge in [-0.1, -0.05) is 31.4 Å². The highest BCUT2D eigenvalue weighted by atomic mass is 16.3. The summed E-state index contributed by atoms with van der Waals surface area (Å²) in [6, 6.07) is 12.7. The van der Waals surface area contributed by atoms with Crippen LogP contribution in [-0.4, -0.2) is 40.7 Å². The molecule has 130 valence electrons. The summed E-state index contributed by atoms with van der Waals surface area (Å²) in [6.45, 7) is 2.97. The number of rotatable bonds is 6. The fourth-order valence-electron chi connectivity index (χ4n) is 2.23. The zero-order valence-corrected chi connectivity index (χ0v) is 14.4. The maximum Gasteiger partial charge on any atom is 0.321 e. The highest BCUT2D eigenvalue weighted by Gasteiger charge is 2.12. The van der Waals surface area contributed by atoms with Crippen LogP contribution in [-0.2, 0) is 0 Å². The Morgan fingerprint density at radius 3 is 2.80 bits per heavy atom. The molecule has 25 heavy (non-hydrogen) atoms. The lowest BCUT2D eigenvalue weighted by Crippen LogP contribution is -2.37. The van der Waals surface area contributed by atoms with Crippen molar-refractivity contribution in [2.45, 2.75) is 19.8 Å². The van der Waals surface area contributed by atoms with Gasteiger partial charge in [0.15, 0.2) is 0 Å². The number of anilines is 1. The van der Waals surface area contributed by atoms with Crippen molar-refractivity contribution < 1.29 is 9.90 Å². The van der Waals surface area contributed by atoms with Crippen molar-refractivity contribution in [2.75, 3.05) is 25.0 Å². The van der Waals surface area contributed by atoms with E-state index in [4.69, 9.17) is 5.11 Å². The van der Waals surface area contributed by atoms with Crippen LogP contribution in [0.2, 0.25) is 0 Å². The molecule has 5 heteroatoms. The van der Waals surface area contributed by atoms with Crippen molar-refractivity contribution >= 4 is 11.7 Å². The van der Waals surface area contributed by atoms with Gasteiger partial charge in [0.2, 0.25) is 0 Å². The topological polar surface area (TPSA) is 65.5 Å². The molecule has 0 atom stereocenters. The summed E-state index contributed by atoms with van der Waals surface area (Å²) in [4.78, 5) is 18.1. The average molecular weight is 337 g/mol. The Bertz CT molecular complexity index is 735. The van der Waals surface area contributed by atoms with Crippen LogP contribution in [0.1, 0.15) is 31.0 Å². The van der Waals surface area contributed by atoms with Gasteiger partial charge in [0.25, 0.3) is 0 Å². The summed E-state index contributed by atoms with van der Waals surface area (Å²) in [6.07, 6.45) is 3.60. The van der Waals surface area contributed by atoms with Crippen molar-refractivity contribution in [3.8, 4) is 11.8 Å². The minimum atomic E-state index is -0.211. The second-order valence-electron chi connectivity index (χ2n) is 5.54. The molecular weight excluding hydrogens is 314 g/mol. The van der Waals surface area contributed by atoms with E-state index in [1.807, 2.05) is 42.5 Å². The normalized spacial score (nSPS) is 9.84. The van der Waals surface area contributed by atoms with Gasteiger partial charge in [0.05, 0.1) is 6.61 Å². The van der Waals surface area contributed by atoms with Crippen LogP contribution < -0.4 is 5.32 Å². The summed E-state index contributed by atoms with van der Waals surface area (Å²) in [5.74, 6) is 6.04. The smallest absolute Gasteiger partial charge is 0.321 e. The summed E-state index contributed by atoms with van der Waals surface area (Å²) < 4.78 is 0. The maximum atomic E-state index is 12.4. The molecule has 1 aromatic heterocycles. The minimum Gasteiger partial charge on any atom is -0.395 e. The van der Waals surface area contributed by atoms with E-state index in [2.05, 4.69) is 29.1 Å². The van der Waals surface area contributed by atoms with E-state index in [1.54, 1.807) is 11.1 Å². The number of carbonyl (C=O) groups is 1. The van der Waals surface area contributed by atoms with Gasteiger partial charge >= 0.3 is 6.03 Å². The molecule has 1 heterocycles. The third-order valence-corrected chi connectivity index (χ3v) is 3.55. The van der Waals surface area contributed by atoms with E-state index in [9.17, 15) is 4.79 Å². The van der Waals surface area contributed by atoms with Crippen LogP contribution in [0.4, 0.5) is 10.5 Å². The monoisotopic (exact) mass is 337 g/mol. The second-order valence-corrected chi connectivity index (χ2v) is 5.54. The van der Waals surface area contributed by atoms with Gasteiger partial charge in [-0.05, 0) is 42.7 Å². The molecule has 0 aliphatic heterocycles. The fraction of sp³-hybridized carbons (Fsp3) is 0.300. The molecule has 0 fully saturated rings. The Labute approximate surface area is 148 Å². The first-order valence-corrected chi connectivity index (χ1v) is 8.43. The Morgan fingerprint density at radius 1 is 1.20 bits per heavy atom. The lowest BCUT2D eigenvalue weighted by Gasteiger charge is -2.22. The number of carbonyl (C=O) groups excluding carboxylic acids is 1. The van der Waals surface area contributed by atoms with E-state index in [0.29, 0.717) is 24.5 Å². The van der Waals surface area contributed by atoms with Crippen molar-refractivity contribution in [1.82, 2.24) is 9.88 Å². The zero-order valence-electron chi connectivity index (χ0n) is 14.4. The molecule has 0 bridgehead atoms. The summed E-state index contributed by atoms with van der Waals surface area (Å²) in [5, 5.41) is 12.0. The molecule has 5 nitrogen and oxygen atoms in total. The summed E-state index contributed by atoms with van der Waals surface area (Å²) in [5.41, 5.74) is 2.17. The predicted molar refractivity (Wildman–Crippen MR) is 99.2 cm³/mol. The molecule has 2 N–H and O–H groups in total. The van der Waals surface area contributed by atoms with Gasteiger partial charge in [-0.2, -0.15) is 0 Å². The van der Waals surface area contributed by atoms with Crippen molar-refractivity contribution in [3.63, 3.8) is 0 Å². The van der Waals surface area contributed by atoms with E-state index < -0.39 is 0 Å². The average Bonchev–Trinajstić information content (AvgIpc) is 2.64. The molecule has 0 radical (unpaired) electrons. The predicted octanol–water partition coefficient (Wildman–Crippen LogP) is 3.11. The number of nitrogens with zero attached hydrogens (tertiary/aromatic N) is 2. The van der Waals surface area contributed by atoms with Gasteiger partial charge in [0.1, 0.15) is 5.69 Å². The molecule has 0 aliphatic carbocycles. The van der Waals surface area contributed by atoms with E-state index in [1.165, 1.54) is 0 Å². The number of aliphatic hydroxyl groups excluding tert-OH is 1. The molecule has 0 aliphatic rings. The SMILES string of the molecule is CCCCN(CCO)C(=O)Nc1cccc(C#Cc2ccccn2)c1. The number of nitrogens with one attached hydrogen (secondary N) is 1. The Balaban J connectivity index is 2.05. The van der Waals surface area contributed by atoms with Crippen LogP contribution in [0.3, 0.4) is 0 Å². The molecule has 2 rings (SSSR count). The van der Waals surface area contributed by atoms with Gasteiger partial charge in [-0.15, -0.1) is 0 Å². The number of urea groups is 1. The number of benzene rings is 1. The second kappa shape index (κ2) is 10.1. The molecule has 1 aromatic carbocycles. The van der Waals surface area contributed by atoms with Crippen LogP contribution in [0.15, 0.2) is 48.7 Å². The third-order valence-electron chi connectivity index (χ3n) is 3.55. The largest absolute Gasteiger partial charge is 0.395 e. The van der Waals surface area contributed by atoms with Crippen LogP contribution in [0, 0.1) is 11.8 Å². The number of hydrogen-bond acceptors (Lipinski definition) is 3. The standard InChI is InChI=1S/C20H23N3O2/c1-2-3-13-23(14-15-24)20(25)22-19-9-6-7-17(16-19)10-11-18-8-4-5-12-21-18/h4-9,12,16,24H,2-3,13-15H2,1H3,(H,22,25). The molecule has 2 aromatic rings. The molecule has 0 saturated heterocycles. The molecule has 0 saturated carbocycles. The highest BCUT2D eigenvalue weighted by molar-refractivity contribution is 5.89. The van der Waals surface area contributed by atoms with Gasteiger partial charge in [-0.3, -0.25) is 0 Å². The van der Waals surface area contributed by atoms with Crippen LogP contribution in [0.5, 0.6) is 0 Å². The van der Waals surface area contributed by atoms with Crippen molar-refractivity contribution in [3.05, 3.63) is 59.9 Å². The van der Waals surface area contributed by atoms with Crippen molar-refractivity contribution in [1.29, 1.82) is 0 Å². The Morgan fingerprint density at radius 2 is 2.08 bits per heavy atom. The third kappa shape index (κ3) is 6.28. The maximum absolute atomic E-state index is 12.4. The van der Waals surface area contributed by atoms with E-state index in [0.717, 1.165) is 18.4 Å². The van der Waals surface area contributed by atoms with E-state index >= 15 is 0 Å². The van der Waals surface area contributed by atoms with Gasteiger partial charge in [0, 0.05) is 30.5 Å². The first-order valence-electron chi connectivity index (χ1n) is 8.43. The quantitative estimate of drug-likeness (QED) is 0.796.